The number of nitro benzene ring substituents is 1. The Kier molecular flexibility index (Phi) is 4.94. The third-order valence-corrected chi connectivity index (χ3v) is 4.84. The van der Waals surface area contributed by atoms with Crippen molar-refractivity contribution in [1.29, 1.82) is 0 Å². The van der Waals surface area contributed by atoms with E-state index in [2.05, 4.69) is 15.7 Å². The van der Waals surface area contributed by atoms with Crippen LogP contribution in [0.15, 0.2) is 42.5 Å². The average molecular weight is 409 g/mol. The number of hydrogen-bond donors (Lipinski definition) is 2. The van der Waals surface area contributed by atoms with E-state index in [1.165, 1.54) is 35.0 Å². The molecule has 0 spiro atoms. The van der Waals surface area contributed by atoms with E-state index in [0.717, 1.165) is 24.2 Å². The van der Waals surface area contributed by atoms with Crippen LogP contribution in [0.3, 0.4) is 0 Å². The lowest BCUT2D eigenvalue weighted by molar-refractivity contribution is -0.384. The second kappa shape index (κ2) is 7.58. The maximum absolute atomic E-state index is 14.6. The summed E-state index contributed by atoms with van der Waals surface area (Å²) in [5, 5.41) is 21.3. The van der Waals surface area contributed by atoms with Gasteiger partial charge in [0, 0.05) is 29.1 Å². The summed E-state index contributed by atoms with van der Waals surface area (Å²) in [5.74, 6) is -1.11. The Balaban J connectivity index is 1.55. The quantitative estimate of drug-likeness (QED) is 0.465. The molecule has 3 aromatic rings. The van der Waals surface area contributed by atoms with Gasteiger partial charge in [-0.25, -0.2) is 9.07 Å². The van der Waals surface area contributed by atoms with Gasteiger partial charge in [0.1, 0.15) is 11.4 Å². The zero-order valence-corrected chi connectivity index (χ0v) is 16.5. The van der Waals surface area contributed by atoms with Gasteiger partial charge >= 0.3 is 0 Å². The molecule has 0 atom stereocenters. The van der Waals surface area contributed by atoms with Gasteiger partial charge in [0.15, 0.2) is 5.82 Å². The second-order valence-electron chi connectivity index (χ2n) is 7.37. The highest BCUT2D eigenvalue weighted by Crippen LogP contribution is 2.31. The number of carbonyl (C=O) groups is 1. The number of hydrogen-bond acceptors (Lipinski definition) is 5. The number of anilines is 2. The van der Waals surface area contributed by atoms with Crippen LogP contribution < -0.4 is 10.6 Å². The van der Waals surface area contributed by atoms with Crippen LogP contribution in [-0.4, -0.2) is 26.7 Å². The Morgan fingerprint density at radius 2 is 1.97 bits per heavy atom. The summed E-state index contributed by atoms with van der Waals surface area (Å²) >= 11 is 0. The number of aryl methyl sites for hydroxylation is 2. The molecule has 1 heterocycles. The van der Waals surface area contributed by atoms with Gasteiger partial charge in [-0.05, 0) is 63.1 Å². The Labute approximate surface area is 171 Å². The number of nitrogens with zero attached hydrogens (tertiary/aromatic N) is 3. The van der Waals surface area contributed by atoms with E-state index in [-0.39, 0.29) is 28.7 Å². The van der Waals surface area contributed by atoms with Crippen molar-refractivity contribution in [3.8, 4) is 5.69 Å². The number of aromatic nitrogens is 2. The molecule has 154 valence electrons. The van der Waals surface area contributed by atoms with E-state index < -0.39 is 16.6 Å². The van der Waals surface area contributed by atoms with Crippen molar-refractivity contribution in [3.05, 3.63) is 75.3 Å². The molecule has 9 heteroatoms. The van der Waals surface area contributed by atoms with E-state index in [0.29, 0.717) is 5.69 Å². The molecule has 0 unspecified atom stereocenters. The van der Waals surface area contributed by atoms with Crippen LogP contribution in [0.1, 0.15) is 34.6 Å². The van der Waals surface area contributed by atoms with Crippen LogP contribution in [0.25, 0.3) is 5.69 Å². The highest BCUT2D eigenvalue weighted by molar-refractivity contribution is 6.05. The molecule has 30 heavy (non-hydrogen) atoms. The van der Waals surface area contributed by atoms with Crippen LogP contribution in [0.2, 0.25) is 0 Å². The first-order valence-electron chi connectivity index (χ1n) is 9.51. The van der Waals surface area contributed by atoms with Gasteiger partial charge in [0.05, 0.1) is 10.6 Å². The minimum absolute atomic E-state index is 0.117. The molecule has 4 rings (SSSR count). The van der Waals surface area contributed by atoms with Gasteiger partial charge in [-0.2, -0.15) is 5.10 Å². The molecule has 0 saturated heterocycles. The van der Waals surface area contributed by atoms with Gasteiger partial charge in [-0.1, -0.05) is 0 Å². The Bertz CT molecular complexity index is 1150. The summed E-state index contributed by atoms with van der Waals surface area (Å²) in [6, 6.07) is 10.6. The second-order valence-corrected chi connectivity index (χ2v) is 7.37. The van der Waals surface area contributed by atoms with Crippen molar-refractivity contribution < 1.29 is 14.1 Å². The third kappa shape index (κ3) is 4.00. The molecule has 0 aliphatic heterocycles. The molecule has 1 fully saturated rings. The number of amides is 1. The van der Waals surface area contributed by atoms with Gasteiger partial charge in [-0.3, -0.25) is 14.9 Å². The first-order valence-corrected chi connectivity index (χ1v) is 9.51. The topological polar surface area (TPSA) is 102 Å². The zero-order valence-electron chi connectivity index (χ0n) is 16.5. The zero-order chi connectivity index (χ0) is 21.4. The molecular formula is C21H20FN5O3. The molecule has 1 amide bonds. The Morgan fingerprint density at radius 1 is 1.20 bits per heavy atom. The number of nitrogens with one attached hydrogen (secondary N) is 2. The standard InChI is InChI=1S/C21H20FN5O3/c1-12-9-13(2)26(25-12)19-8-6-16(11-17(19)22)24-21(28)14-3-7-18(23-15-4-5-15)20(10-14)27(29)30/h3,6-11,15,23H,4-5H2,1-2H3,(H,24,28). The summed E-state index contributed by atoms with van der Waals surface area (Å²) < 4.78 is 16.1. The van der Waals surface area contributed by atoms with Crippen LogP contribution in [0.4, 0.5) is 21.5 Å². The summed E-state index contributed by atoms with van der Waals surface area (Å²) in [6.07, 6.45) is 1.94. The molecular weight excluding hydrogens is 389 g/mol. The first kappa shape index (κ1) is 19.6. The number of carbonyl (C=O) groups excluding carboxylic acids is 1. The first-order chi connectivity index (χ1) is 14.3. The number of nitro groups is 1. The minimum atomic E-state index is -0.561. The lowest BCUT2D eigenvalue weighted by atomic mass is 10.1. The van der Waals surface area contributed by atoms with E-state index in [9.17, 15) is 19.3 Å². The fourth-order valence-electron chi connectivity index (χ4n) is 3.23. The summed E-state index contributed by atoms with van der Waals surface area (Å²) in [6.45, 7) is 3.64. The van der Waals surface area contributed by atoms with Crippen molar-refractivity contribution >= 4 is 23.0 Å². The maximum atomic E-state index is 14.6. The largest absolute Gasteiger partial charge is 0.377 e. The van der Waals surface area contributed by atoms with E-state index in [1.54, 1.807) is 6.07 Å². The van der Waals surface area contributed by atoms with Crippen molar-refractivity contribution in [3.63, 3.8) is 0 Å². The predicted octanol–water partition coefficient (Wildman–Crippen LogP) is 4.36. The minimum Gasteiger partial charge on any atom is -0.377 e. The van der Waals surface area contributed by atoms with Crippen LogP contribution in [-0.2, 0) is 0 Å². The summed E-state index contributed by atoms with van der Waals surface area (Å²) in [5.41, 5.74) is 2.40. The van der Waals surface area contributed by atoms with Gasteiger partial charge in [0.2, 0.25) is 0 Å². The Morgan fingerprint density at radius 3 is 2.57 bits per heavy atom. The van der Waals surface area contributed by atoms with Crippen LogP contribution in [0.5, 0.6) is 0 Å². The summed E-state index contributed by atoms with van der Waals surface area (Å²) in [7, 11) is 0. The average Bonchev–Trinajstić information content (AvgIpc) is 3.44. The van der Waals surface area contributed by atoms with Crippen LogP contribution >= 0.6 is 0 Å². The maximum Gasteiger partial charge on any atom is 0.293 e. The summed E-state index contributed by atoms with van der Waals surface area (Å²) in [4.78, 5) is 23.4. The fraction of sp³-hybridized carbons (Fsp3) is 0.238. The molecule has 0 radical (unpaired) electrons. The normalized spacial score (nSPS) is 13.2. The lowest BCUT2D eigenvalue weighted by Gasteiger charge is -2.10. The third-order valence-electron chi connectivity index (χ3n) is 4.84. The number of rotatable bonds is 6. The van der Waals surface area contributed by atoms with Crippen molar-refractivity contribution in [2.24, 2.45) is 0 Å². The molecule has 0 bridgehead atoms. The molecule has 1 aromatic heterocycles. The van der Waals surface area contributed by atoms with E-state index in [4.69, 9.17) is 0 Å². The van der Waals surface area contributed by atoms with Gasteiger partial charge in [0.25, 0.3) is 11.6 Å². The smallest absolute Gasteiger partial charge is 0.293 e. The van der Waals surface area contributed by atoms with E-state index >= 15 is 0 Å². The van der Waals surface area contributed by atoms with Crippen molar-refractivity contribution in [2.45, 2.75) is 32.7 Å². The van der Waals surface area contributed by atoms with Crippen LogP contribution in [0, 0.1) is 29.8 Å². The molecule has 8 nitrogen and oxygen atoms in total. The fourth-order valence-corrected chi connectivity index (χ4v) is 3.23. The molecule has 2 aromatic carbocycles. The van der Waals surface area contributed by atoms with Crippen molar-refractivity contribution in [2.75, 3.05) is 10.6 Å². The molecule has 1 aliphatic rings. The number of benzene rings is 2. The van der Waals surface area contributed by atoms with Gasteiger partial charge < -0.3 is 10.6 Å². The van der Waals surface area contributed by atoms with E-state index in [1.807, 2.05) is 19.9 Å². The molecule has 1 aliphatic carbocycles. The molecule has 2 N–H and O–H groups in total. The predicted molar refractivity (Wildman–Crippen MR) is 111 cm³/mol. The Hall–Kier alpha value is -3.75. The van der Waals surface area contributed by atoms with Crippen molar-refractivity contribution in [1.82, 2.24) is 9.78 Å². The molecule has 1 saturated carbocycles. The van der Waals surface area contributed by atoms with Gasteiger partial charge in [-0.15, -0.1) is 0 Å². The lowest BCUT2D eigenvalue weighted by Crippen LogP contribution is -2.13. The highest BCUT2D eigenvalue weighted by Gasteiger charge is 2.25. The number of halogens is 1. The SMILES string of the molecule is Cc1cc(C)n(-c2ccc(NC(=O)c3ccc(NC4CC4)c([N+](=O)[O-])c3)cc2F)n1. The highest BCUT2D eigenvalue weighted by atomic mass is 19.1. The monoisotopic (exact) mass is 409 g/mol.